The Morgan fingerprint density at radius 1 is 0.258 bits per heavy atom. The Labute approximate surface area is 368 Å². The second kappa shape index (κ2) is 18.6. The highest BCUT2D eigenvalue weighted by atomic mass is 14.3. The van der Waals surface area contributed by atoms with Gasteiger partial charge < -0.3 is 0 Å². The Bertz CT molecular complexity index is 3070. The van der Waals surface area contributed by atoms with Gasteiger partial charge in [0.1, 0.15) is 0 Å². The van der Waals surface area contributed by atoms with Gasteiger partial charge in [-0.2, -0.15) is 0 Å². The van der Waals surface area contributed by atoms with E-state index < -0.39 is 0 Å². The predicted octanol–water partition coefficient (Wildman–Crippen LogP) is 14.5. The standard InChI is InChI=1S/C62H48/c1-43-12-24-50(25-13-43)29-40-57-60(53-33-18-46(4)19-34-53)42-59(52-31-16-45(3)17-32-52)56(39-28-49-10-8-7-9-11-49)61(54-35-20-47(5)21-36-54)58(41-30-51-26-14-44(2)15-27-51)62(57)55-37-22-48(6)23-38-55/h7-27,31-38,42H,1-6H3/b59-42?,59-56+,60-42-,60-57?,61-56?,61-58-,62-57-,62-58?. The average molecular weight is 793 g/mol. The SMILES string of the molecule is Cc1ccc(C#CC2=C(c3ccc(C)cc3)/C(C#Cc3ccc(C)cc3)=C(c3ccc(C)cc3)\C(C#Cc3ccccc3)=C(c3ccc(C)cc3)/C=C\2c2ccc(C)cc2)cc1. The zero-order chi connectivity index (χ0) is 43.0. The van der Waals surface area contributed by atoms with Crippen LogP contribution in [-0.4, -0.2) is 0 Å². The molecule has 0 heteroatoms. The van der Waals surface area contributed by atoms with Crippen molar-refractivity contribution >= 4 is 22.3 Å². The lowest BCUT2D eigenvalue weighted by molar-refractivity contribution is 1.42. The summed E-state index contributed by atoms with van der Waals surface area (Å²) in [5.41, 5.74) is 20.6. The van der Waals surface area contributed by atoms with Crippen LogP contribution in [0.5, 0.6) is 0 Å². The molecule has 296 valence electrons. The van der Waals surface area contributed by atoms with Crippen LogP contribution in [0.3, 0.4) is 0 Å². The first kappa shape index (κ1) is 40.9. The first-order chi connectivity index (χ1) is 30.2. The molecule has 0 spiro atoms. The molecule has 0 heterocycles. The minimum Gasteiger partial charge on any atom is -0.0622 e. The molecule has 0 unspecified atom stereocenters. The maximum Gasteiger partial charge on any atom is 0.0431 e. The Morgan fingerprint density at radius 3 is 1.02 bits per heavy atom. The van der Waals surface area contributed by atoms with Gasteiger partial charge in [0.05, 0.1) is 0 Å². The summed E-state index contributed by atoms with van der Waals surface area (Å²) in [6, 6.07) is 62.3. The molecule has 62 heavy (non-hydrogen) atoms. The fraction of sp³-hybridized carbons (Fsp3) is 0.0968. The summed E-state index contributed by atoms with van der Waals surface area (Å²) in [6.07, 6.45) is 2.33. The molecule has 7 aromatic carbocycles. The average Bonchev–Trinajstić information content (AvgIpc) is 3.28. The van der Waals surface area contributed by atoms with Gasteiger partial charge in [-0.3, -0.25) is 0 Å². The van der Waals surface area contributed by atoms with Crippen LogP contribution < -0.4 is 0 Å². The highest BCUT2D eigenvalue weighted by molar-refractivity contribution is 6.13. The third kappa shape index (κ3) is 9.62. The van der Waals surface area contributed by atoms with E-state index in [-0.39, 0.29) is 0 Å². The summed E-state index contributed by atoms with van der Waals surface area (Å²) in [7, 11) is 0. The van der Waals surface area contributed by atoms with Crippen molar-refractivity contribution in [2.75, 3.05) is 0 Å². The van der Waals surface area contributed by atoms with Crippen molar-refractivity contribution in [1.29, 1.82) is 0 Å². The van der Waals surface area contributed by atoms with E-state index in [9.17, 15) is 0 Å². The smallest absolute Gasteiger partial charge is 0.0431 e. The Morgan fingerprint density at radius 2 is 0.581 bits per heavy atom. The number of hydrogen-bond donors (Lipinski definition) is 0. The van der Waals surface area contributed by atoms with Gasteiger partial charge in [-0.05, 0) is 117 Å². The first-order valence-corrected chi connectivity index (χ1v) is 21.2. The maximum atomic E-state index is 3.85. The molecule has 0 nitrogen and oxygen atoms in total. The van der Waals surface area contributed by atoms with Gasteiger partial charge >= 0.3 is 0 Å². The second-order valence-corrected chi connectivity index (χ2v) is 16.2. The number of rotatable bonds is 4. The van der Waals surface area contributed by atoms with E-state index in [0.717, 1.165) is 78.0 Å². The molecule has 0 saturated heterocycles. The summed E-state index contributed by atoms with van der Waals surface area (Å²) in [4.78, 5) is 0. The van der Waals surface area contributed by atoms with Gasteiger partial charge in [0, 0.05) is 44.6 Å². The fourth-order valence-electron chi connectivity index (χ4n) is 7.46. The molecular weight excluding hydrogens is 745 g/mol. The molecule has 0 amide bonds. The minimum absolute atomic E-state index is 0.853. The van der Waals surface area contributed by atoms with Crippen molar-refractivity contribution in [2.24, 2.45) is 0 Å². The van der Waals surface area contributed by atoms with Crippen molar-refractivity contribution in [3.8, 4) is 35.5 Å². The predicted molar refractivity (Wildman–Crippen MR) is 263 cm³/mol. The first-order valence-electron chi connectivity index (χ1n) is 21.2. The summed E-state index contributed by atoms with van der Waals surface area (Å²) in [5.74, 6) is 22.4. The summed E-state index contributed by atoms with van der Waals surface area (Å²) in [5, 5.41) is 0. The normalized spacial score (nSPS) is 16.8. The van der Waals surface area contributed by atoms with Gasteiger partial charge in [0.2, 0.25) is 0 Å². The third-order valence-electron chi connectivity index (χ3n) is 11.1. The van der Waals surface area contributed by atoms with Crippen LogP contribution in [0.2, 0.25) is 0 Å². The molecule has 0 atom stereocenters. The monoisotopic (exact) mass is 792 g/mol. The molecule has 0 aliphatic heterocycles. The second-order valence-electron chi connectivity index (χ2n) is 16.2. The van der Waals surface area contributed by atoms with E-state index in [4.69, 9.17) is 0 Å². The van der Waals surface area contributed by atoms with Crippen LogP contribution in [0.15, 0.2) is 199 Å². The minimum atomic E-state index is 0.853. The molecule has 0 aromatic heterocycles. The number of allylic oxidation sites excluding steroid dienone is 8. The van der Waals surface area contributed by atoms with Crippen molar-refractivity contribution in [3.63, 3.8) is 0 Å². The molecule has 0 saturated carbocycles. The van der Waals surface area contributed by atoms with Crippen molar-refractivity contribution < 1.29 is 0 Å². The molecule has 0 radical (unpaired) electrons. The van der Waals surface area contributed by atoms with Gasteiger partial charge in [-0.1, -0.05) is 208 Å². The summed E-state index contributed by atoms with van der Waals surface area (Å²) >= 11 is 0. The van der Waals surface area contributed by atoms with Gasteiger partial charge in [0.15, 0.2) is 0 Å². The topological polar surface area (TPSA) is 0 Å². The Kier molecular flexibility index (Phi) is 12.3. The molecular formula is C62H48. The fourth-order valence-corrected chi connectivity index (χ4v) is 7.46. The van der Waals surface area contributed by atoms with E-state index in [2.05, 4.69) is 241 Å². The molecule has 0 fully saturated rings. The zero-order valence-electron chi connectivity index (χ0n) is 36.3. The van der Waals surface area contributed by atoms with E-state index in [0.29, 0.717) is 0 Å². The van der Waals surface area contributed by atoms with Crippen molar-refractivity contribution in [2.45, 2.75) is 41.5 Å². The highest BCUT2D eigenvalue weighted by Gasteiger charge is 2.27. The van der Waals surface area contributed by atoms with Crippen LogP contribution in [0.1, 0.15) is 72.3 Å². The lowest BCUT2D eigenvalue weighted by Gasteiger charge is -2.24. The molecule has 1 aliphatic carbocycles. The largest absolute Gasteiger partial charge is 0.0622 e. The third-order valence-corrected chi connectivity index (χ3v) is 11.1. The van der Waals surface area contributed by atoms with Crippen LogP contribution in [0.25, 0.3) is 22.3 Å². The molecule has 1 aliphatic rings. The van der Waals surface area contributed by atoms with E-state index in [1.807, 2.05) is 18.2 Å². The maximum absolute atomic E-state index is 3.85. The lowest BCUT2D eigenvalue weighted by atomic mass is 9.77. The van der Waals surface area contributed by atoms with Crippen LogP contribution in [0, 0.1) is 77.1 Å². The zero-order valence-corrected chi connectivity index (χ0v) is 36.3. The van der Waals surface area contributed by atoms with Crippen molar-refractivity contribution in [1.82, 2.24) is 0 Å². The molecule has 8 rings (SSSR count). The molecule has 0 bridgehead atoms. The number of benzene rings is 7. The van der Waals surface area contributed by atoms with E-state index in [1.54, 1.807) is 0 Å². The Hall–Kier alpha value is -7.82. The van der Waals surface area contributed by atoms with Gasteiger partial charge in [-0.15, -0.1) is 0 Å². The highest BCUT2D eigenvalue weighted by Crippen LogP contribution is 2.45. The van der Waals surface area contributed by atoms with Crippen LogP contribution in [0.4, 0.5) is 0 Å². The lowest BCUT2D eigenvalue weighted by Crippen LogP contribution is -2.07. The summed E-state index contributed by atoms with van der Waals surface area (Å²) in [6.45, 7) is 12.7. The van der Waals surface area contributed by atoms with Gasteiger partial charge in [-0.25, -0.2) is 0 Å². The van der Waals surface area contributed by atoms with E-state index >= 15 is 0 Å². The number of aryl methyl sites for hydroxylation is 6. The molecule has 7 aromatic rings. The quantitative estimate of drug-likeness (QED) is 0.156. The van der Waals surface area contributed by atoms with Crippen LogP contribution in [-0.2, 0) is 0 Å². The summed E-state index contributed by atoms with van der Waals surface area (Å²) < 4.78 is 0. The van der Waals surface area contributed by atoms with Crippen LogP contribution >= 0.6 is 0 Å². The van der Waals surface area contributed by atoms with Gasteiger partial charge in [0.25, 0.3) is 0 Å². The Balaban J connectivity index is 1.64. The molecule has 0 N–H and O–H groups in total. The number of hydrogen-bond acceptors (Lipinski definition) is 0. The van der Waals surface area contributed by atoms with E-state index in [1.165, 1.54) is 33.4 Å². The van der Waals surface area contributed by atoms with Crippen molar-refractivity contribution in [3.05, 3.63) is 271 Å².